The van der Waals surface area contributed by atoms with Crippen LogP contribution < -0.4 is 0 Å². The molecule has 5 heteroatoms. The van der Waals surface area contributed by atoms with Crippen molar-refractivity contribution < 1.29 is 13.9 Å². The topological polar surface area (TPSA) is 47.1 Å². The number of pyridine rings is 1. The fourth-order valence-corrected chi connectivity index (χ4v) is 2.15. The Balaban J connectivity index is 1.67. The van der Waals surface area contributed by atoms with Gasteiger partial charge in [-0.3, -0.25) is 0 Å². The van der Waals surface area contributed by atoms with Crippen molar-refractivity contribution in [3.05, 3.63) is 29.8 Å². The van der Waals surface area contributed by atoms with Crippen LogP contribution in [0.25, 0.3) is 11.0 Å². The monoisotopic (exact) mass is 250 g/mol. The van der Waals surface area contributed by atoms with E-state index in [0.29, 0.717) is 12.3 Å². The molecule has 0 aliphatic carbocycles. The summed E-state index contributed by atoms with van der Waals surface area (Å²) >= 11 is 0. The Morgan fingerprint density at radius 1 is 1.44 bits per heavy atom. The molecular weight excluding hydrogens is 235 g/mol. The number of H-pyrrole nitrogens is 1. The van der Waals surface area contributed by atoms with Crippen LogP contribution in [0.2, 0.25) is 0 Å². The van der Waals surface area contributed by atoms with Crippen molar-refractivity contribution in [2.24, 2.45) is 0 Å². The molecule has 1 aliphatic heterocycles. The zero-order valence-corrected chi connectivity index (χ0v) is 9.99. The van der Waals surface area contributed by atoms with Crippen LogP contribution >= 0.6 is 0 Å². The Bertz CT molecular complexity index is 535. The maximum Gasteiger partial charge on any atom is 0.158 e. The summed E-state index contributed by atoms with van der Waals surface area (Å²) in [5.74, 6) is -0.329. The van der Waals surface area contributed by atoms with Gasteiger partial charge in [0.1, 0.15) is 11.5 Å². The van der Waals surface area contributed by atoms with Crippen LogP contribution in [0, 0.1) is 5.82 Å². The van der Waals surface area contributed by atoms with Gasteiger partial charge in [-0.1, -0.05) is 0 Å². The number of nitrogens with zero attached hydrogens (tertiary/aromatic N) is 1. The first kappa shape index (κ1) is 11.6. The largest absolute Gasteiger partial charge is 0.353 e. The molecular formula is C13H15FN2O2. The third-order valence-electron chi connectivity index (χ3n) is 3.06. The van der Waals surface area contributed by atoms with Gasteiger partial charge in [-0.05, 0) is 31.4 Å². The molecule has 0 amide bonds. The van der Waals surface area contributed by atoms with Crippen LogP contribution in [0.4, 0.5) is 4.39 Å². The molecule has 18 heavy (non-hydrogen) atoms. The summed E-state index contributed by atoms with van der Waals surface area (Å²) in [6.45, 7) is 1.20. The van der Waals surface area contributed by atoms with Crippen molar-refractivity contribution >= 4 is 11.0 Å². The summed E-state index contributed by atoms with van der Waals surface area (Å²) < 4.78 is 24.1. The Morgan fingerprint density at radius 2 is 2.39 bits per heavy atom. The highest BCUT2D eigenvalue weighted by atomic mass is 19.1. The number of nitrogens with one attached hydrogen (secondary N) is 1. The SMILES string of the molecule is Fc1cnc2[nH]c(COC3CCCCO3)cc2c1. The summed E-state index contributed by atoms with van der Waals surface area (Å²) in [6.07, 6.45) is 4.27. The Labute approximate surface area is 104 Å². The van der Waals surface area contributed by atoms with E-state index in [1.165, 1.54) is 12.3 Å². The third kappa shape index (κ3) is 2.52. The molecule has 1 fully saturated rings. The Hall–Kier alpha value is -1.46. The molecule has 1 atom stereocenters. The van der Waals surface area contributed by atoms with Crippen LogP contribution in [0.15, 0.2) is 18.3 Å². The Morgan fingerprint density at radius 3 is 3.22 bits per heavy atom. The molecule has 3 heterocycles. The second-order valence-electron chi connectivity index (χ2n) is 4.49. The van der Waals surface area contributed by atoms with Crippen LogP contribution in [0.3, 0.4) is 0 Å². The molecule has 0 bridgehead atoms. The van der Waals surface area contributed by atoms with Crippen molar-refractivity contribution in [1.29, 1.82) is 0 Å². The second kappa shape index (κ2) is 5.04. The maximum absolute atomic E-state index is 13.0. The quantitative estimate of drug-likeness (QED) is 0.911. The standard InChI is InChI=1S/C13H15FN2O2/c14-10-5-9-6-11(16-13(9)15-7-10)8-18-12-3-1-2-4-17-12/h5-7,12H,1-4,8H2,(H,15,16). The molecule has 1 saturated heterocycles. The van der Waals surface area contributed by atoms with Crippen molar-refractivity contribution in [2.75, 3.05) is 6.61 Å². The van der Waals surface area contributed by atoms with E-state index in [4.69, 9.17) is 9.47 Å². The summed E-state index contributed by atoms with van der Waals surface area (Å²) in [5.41, 5.74) is 1.57. The zero-order chi connectivity index (χ0) is 12.4. The van der Waals surface area contributed by atoms with E-state index in [0.717, 1.165) is 36.9 Å². The van der Waals surface area contributed by atoms with E-state index in [1.807, 2.05) is 6.07 Å². The molecule has 1 N–H and O–H groups in total. The lowest BCUT2D eigenvalue weighted by Crippen LogP contribution is -2.22. The van der Waals surface area contributed by atoms with E-state index in [1.54, 1.807) is 0 Å². The van der Waals surface area contributed by atoms with Crippen LogP contribution in [0.1, 0.15) is 25.0 Å². The molecule has 0 saturated carbocycles. The van der Waals surface area contributed by atoms with Crippen LogP contribution in [-0.4, -0.2) is 22.9 Å². The predicted octanol–water partition coefficient (Wildman–Crippen LogP) is 2.75. The lowest BCUT2D eigenvalue weighted by Gasteiger charge is -2.22. The highest BCUT2D eigenvalue weighted by Crippen LogP contribution is 2.18. The molecule has 0 spiro atoms. The van der Waals surface area contributed by atoms with Gasteiger partial charge in [-0.15, -0.1) is 0 Å². The number of halogens is 1. The van der Waals surface area contributed by atoms with Gasteiger partial charge in [0.2, 0.25) is 0 Å². The molecule has 1 aliphatic rings. The molecule has 3 rings (SSSR count). The number of fused-ring (bicyclic) bond motifs is 1. The summed E-state index contributed by atoms with van der Waals surface area (Å²) in [7, 11) is 0. The summed E-state index contributed by atoms with van der Waals surface area (Å²) in [5, 5.41) is 0.762. The molecule has 4 nitrogen and oxygen atoms in total. The van der Waals surface area contributed by atoms with Gasteiger partial charge < -0.3 is 14.5 Å². The first-order valence-electron chi connectivity index (χ1n) is 6.17. The minimum Gasteiger partial charge on any atom is -0.353 e. The van der Waals surface area contributed by atoms with Crippen LogP contribution in [0.5, 0.6) is 0 Å². The molecule has 0 radical (unpaired) electrons. The molecule has 0 aromatic carbocycles. The van der Waals surface area contributed by atoms with Gasteiger partial charge in [0.25, 0.3) is 0 Å². The minimum atomic E-state index is -0.329. The minimum absolute atomic E-state index is 0.116. The number of ether oxygens (including phenoxy) is 2. The van der Waals surface area contributed by atoms with Gasteiger partial charge in [-0.25, -0.2) is 9.37 Å². The number of hydrogen-bond acceptors (Lipinski definition) is 3. The van der Waals surface area contributed by atoms with Crippen LogP contribution in [-0.2, 0) is 16.1 Å². The average Bonchev–Trinajstić information content (AvgIpc) is 2.79. The fourth-order valence-electron chi connectivity index (χ4n) is 2.15. The fraction of sp³-hybridized carbons (Fsp3) is 0.462. The summed E-state index contributed by atoms with van der Waals surface area (Å²) in [6, 6.07) is 3.31. The highest BCUT2D eigenvalue weighted by Gasteiger charge is 2.14. The molecule has 2 aromatic heterocycles. The summed E-state index contributed by atoms with van der Waals surface area (Å²) in [4.78, 5) is 7.08. The number of rotatable bonds is 3. The van der Waals surface area contributed by atoms with E-state index in [-0.39, 0.29) is 12.1 Å². The zero-order valence-electron chi connectivity index (χ0n) is 9.99. The van der Waals surface area contributed by atoms with E-state index in [2.05, 4.69) is 9.97 Å². The normalized spacial score (nSPS) is 20.4. The average molecular weight is 250 g/mol. The first-order chi connectivity index (χ1) is 8.81. The molecule has 2 aromatic rings. The van der Waals surface area contributed by atoms with E-state index < -0.39 is 0 Å². The third-order valence-corrected chi connectivity index (χ3v) is 3.06. The number of aromatic amines is 1. The Kier molecular flexibility index (Phi) is 3.25. The van der Waals surface area contributed by atoms with E-state index in [9.17, 15) is 4.39 Å². The van der Waals surface area contributed by atoms with Crippen molar-refractivity contribution in [3.63, 3.8) is 0 Å². The van der Waals surface area contributed by atoms with Crippen molar-refractivity contribution in [2.45, 2.75) is 32.2 Å². The van der Waals surface area contributed by atoms with Crippen molar-refractivity contribution in [3.8, 4) is 0 Å². The maximum atomic E-state index is 13.0. The van der Waals surface area contributed by atoms with Gasteiger partial charge in [0.15, 0.2) is 6.29 Å². The lowest BCUT2D eigenvalue weighted by molar-refractivity contribution is -0.169. The molecule has 1 unspecified atom stereocenters. The predicted molar refractivity (Wildman–Crippen MR) is 64.4 cm³/mol. The van der Waals surface area contributed by atoms with Gasteiger partial charge in [-0.2, -0.15) is 0 Å². The first-order valence-corrected chi connectivity index (χ1v) is 6.17. The van der Waals surface area contributed by atoms with Gasteiger partial charge in [0, 0.05) is 17.7 Å². The van der Waals surface area contributed by atoms with E-state index >= 15 is 0 Å². The number of hydrogen-bond donors (Lipinski definition) is 1. The lowest BCUT2D eigenvalue weighted by atomic mass is 10.2. The number of aromatic nitrogens is 2. The smallest absolute Gasteiger partial charge is 0.158 e. The van der Waals surface area contributed by atoms with Crippen molar-refractivity contribution in [1.82, 2.24) is 9.97 Å². The second-order valence-corrected chi connectivity index (χ2v) is 4.49. The van der Waals surface area contributed by atoms with Gasteiger partial charge in [0.05, 0.1) is 12.8 Å². The van der Waals surface area contributed by atoms with Gasteiger partial charge >= 0.3 is 0 Å². The highest BCUT2D eigenvalue weighted by molar-refractivity contribution is 5.76. The molecule has 96 valence electrons.